The number of nitrogens with two attached hydrogens (primary N) is 1. The maximum absolute atomic E-state index is 11.0. The molecule has 0 saturated carbocycles. The van der Waals surface area contributed by atoms with Crippen LogP contribution in [0.4, 0.5) is 0 Å². The molecule has 0 amide bonds. The van der Waals surface area contributed by atoms with Crippen LogP contribution in [0.1, 0.15) is 13.3 Å². The summed E-state index contributed by atoms with van der Waals surface area (Å²) in [6.45, 7) is 2.55. The average molecular weight is 326 g/mol. The Hall–Kier alpha value is -2.37. The minimum absolute atomic E-state index is 0.327. The third-order valence-corrected chi connectivity index (χ3v) is 4.51. The van der Waals surface area contributed by atoms with Gasteiger partial charge in [-0.1, -0.05) is 43.3 Å². The first-order chi connectivity index (χ1) is 11.6. The number of para-hydroxylation sites is 2. The lowest BCUT2D eigenvalue weighted by Crippen LogP contribution is -2.94. The lowest BCUT2D eigenvalue weighted by Gasteiger charge is -2.18. The first-order valence-corrected chi connectivity index (χ1v) is 8.30. The molecule has 0 aliphatic carbocycles. The second-order valence-electron chi connectivity index (χ2n) is 6.10. The fraction of sp³-hybridized carbons (Fsp3) is 0.316. The van der Waals surface area contributed by atoms with E-state index in [4.69, 9.17) is 0 Å². The number of rotatable bonds is 7. The van der Waals surface area contributed by atoms with Crippen molar-refractivity contribution in [2.24, 2.45) is 0 Å². The van der Waals surface area contributed by atoms with Crippen LogP contribution in [0, 0.1) is 0 Å². The number of nitrogens with zero attached hydrogens (tertiary/aromatic N) is 1. The number of carboxylic acids is 1. The smallest absolute Gasteiger partial charge is 0.126 e. The third-order valence-electron chi connectivity index (χ3n) is 4.51. The molecule has 0 aliphatic rings. The summed E-state index contributed by atoms with van der Waals surface area (Å²) in [4.78, 5) is 11.0. The molecule has 0 bridgehead atoms. The number of carboxylic acid groups (broad SMARTS) is 1. The van der Waals surface area contributed by atoms with Gasteiger partial charge in [0.15, 0.2) is 0 Å². The van der Waals surface area contributed by atoms with Crippen LogP contribution < -0.4 is 10.4 Å². The van der Waals surface area contributed by atoms with Crippen molar-refractivity contribution in [2.75, 3.05) is 6.54 Å². The number of carbonyl (C=O) groups is 1. The van der Waals surface area contributed by atoms with Crippen LogP contribution in [0.5, 0.6) is 0 Å². The molecule has 0 saturated heterocycles. The number of carbonyl (C=O) groups excluding carboxylic acids is 1. The van der Waals surface area contributed by atoms with Crippen molar-refractivity contribution < 1.29 is 20.3 Å². The van der Waals surface area contributed by atoms with Crippen LogP contribution in [0.2, 0.25) is 0 Å². The van der Waals surface area contributed by atoms with Gasteiger partial charge in [0.2, 0.25) is 0 Å². The molecule has 2 atom stereocenters. The van der Waals surface area contributed by atoms with Crippen molar-refractivity contribution in [2.45, 2.75) is 32.0 Å². The van der Waals surface area contributed by atoms with Gasteiger partial charge in [0, 0.05) is 28.2 Å². The lowest BCUT2D eigenvalue weighted by atomic mass is 10.2. The second-order valence-corrected chi connectivity index (χ2v) is 6.10. The first kappa shape index (κ1) is 16.5. The first-order valence-electron chi connectivity index (χ1n) is 8.30. The van der Waals surface area contributed by atoms with E-state index >= 15 is 0 Å². The fourth-order valence-corrected chi connectivity index (χ4v) is 3.24. The third kappa shape index (κ3) is 3.13. The van der Waals surface area contributed by atoms with Gasteiger partial charge in [0.05, 0.1) is 12.5 Å². The van der Waals surface area contributed by atoms with Crippen LogP contribution in [-0.4, -0.2) is 34.3 Å². The summed E-state index contributed by atoms with van der Waals surface area (Å²) in [6, 6.07) is 15.6. The topological polar surface area (TPSA) is 81.9 Å². The molecular formula is C19H22N2O3. The van der Waals surface area contributed by atoms with E-state index in [0.717, 1.165) is 21.8 Å². The van der Waals surface area contributed by atoms with Crippen LogP contribution in [0.3, 0.4) is 0 Å². The molecule has 5 nitrogen and oxygen atoms in total. The van der Waals surface area contributed by atoms with E-state index in [1.165, 1.54) is 0 Å². The summed E-state index contributed by atoms with van der Waals surface area (Å²) in [7, 11) is 0. The molecule has 0 aliphatic heterocycles. The van der Waals surface area contributed by atoms with Gasteiger partial charge in [0.25, 0.3) is 0 Å². The normalized spacial score (nSPS) is 14.1. The molecule has 3 aromatic rings. The molecule has 3 rings (SSSR count). The van der Waals surface area contributed by atoms with Gasteiger partial charge in [-0.05, 0) is 12.1 Å². The van der Waals surface area contributed by atoms with E-state index in [9.17, 15) is 15.0 Å². The summed E-state index contributed by atoms with van der Waals surface area (Å²) in [5.74, 6) is -1.08. The predicted molar refractivity (Wildman–Crippen MR) is 91.3 cm³/mol. The summed E-state index contributed by atoms with van der Waals surface area (Å²) < 4.78 is 2.10. The van der Waals surface area contributed by atoms with E-state index in [-0.39, 0.29) is 0 Å². The maximum Gasteiger partial charge on any atom is 0.126 e. The highest BCUT2D eigenvalue weighted by molar-refractivity contribution is 6.07. The van der Waals surface area contributed by atoms with Crippen molar-refractivity contribution in [3.63, 3.8) is 0 Å². The number of aliphatic carboxylic acids is 1. The fourth-order valence-electron chi connectivity index (χ4n) is 3.24. The van der Waals surface area contributed by atoms with E-state index < -0.39 is 18.1 Å². The molecule has 0 radical (unpaired) electrons. The van der Waals surface area contributed by atoms with Gasteiger partial charge in [-0.2, -0.15) is 0 Å². The number of aromatic nitrogens is 1. The molecule has 126 valence electrons. The van der Waals surface area contributed by atoms with Crippen molar-refractivity contribution in [3.8, 4) is 0 Å². The Bertz CT molecular complexity index is 803. The van der Waals surface area contributed by atoms with Crippen molar-refractivity contribution >= 4 is 27.8 Å². The zero-order chi connectivity index (χ0) is 17.1. The number of aliphatic hydroxyl groups excluding tert-OH is 1. The second kappa shape index (κ2) is 7.03. The van der Waals surface area contributed by atoms with E-state index in [2.05, 4.69) is 16.7 Å². The molecule has 0 fully saturated rings. The zero-order valence-electron chi connectivity index (χ0n) is 13.7. The number of hydrogen-bond acceptors (Lipinski definition) is 3. The van der Waals surface area contributed by atoms with Crippen LogP contribution in [0.15, 0.2) is 48.5 Å². The minimum Gasteiger partial charge on any atom is -0.544 e. The number of fused-ring (bicyclic) bond motifs is 3. The van der Waals surface area contributed by atoms with Gasteiger partial charge in [0.1, 0.15) is 18.7 Å². The Balaban J connectivity index is 1.85. The summed E-state index contributed by atoms with van der Waals surface area (Å²) in [6.07, 6.45) is -0.164. The highest BCUT2D eigenvalue weighted by atomic mass is 16.4. The minimum atomic E-state index is -1.08. The van der Waals surface area contributed by atoms with Gasteiger partial charge < -0.3 is 24.9 Å². The molecule has 1 heterocycles. The monoisotopic (exact) mass is 326 g/mol. The highest BCUT2D eigenvalue weighted by Crippen LogP contribution is 2.28. The molecule has 0 unspecified atom stereocenters. The molecule has 1 aromatic heterocycles. The Morgan fingerprint density at radius 1 is 1.12 bits per heavy atom. The maximum atomic E-state index is 11.0. The van der Waals surface area contributed by atoms with Gasteiger partial charge in [-0.15, -0.1) is 0 Å². The van der Waals surface area contributed by atoms with Crippen LogP contribution >= 0.6 is 0 Å². The average Bonchev–Trinajstić information content (AvgIpc) is 2.90. The van der Waals surface area contributed by atoms with Crippen LogP contribution in [-0.2, 0) is 11.3 Å². The quantitative estimate of drug-likeness (QED) is 0.653. The van der Waals surface area contributed by atoms with Crippen LogP contribution in [0.25, 0.3) is 21.8 Å². The molecule has 24 heavy (non-hydrogen) atoms. The van der Waals surface area contributed by atoms with Crippen molar-refractivity contribution in [1.29, 1.82) is 0 Å². The number of quaternary nitrogens is 1. The summed E-state index contributed by atoms with van der Waals surface area (Å²) in [5, 5.41) is 25.3. The lowest BCUT2D eigenvalue weighted by molar-refractivity contribution is -0.689. The van der Waals surface area contributed by atoms with Gasteiger partial charge in [-0.25, -0.2) is 0 Å². The summed E-state index contributed by atoms with van der Waals surface area (Å²) in [5.41, 5.74) is 2.15. The number of benzene rings is 2. The highest BCUT2D eigenvalue weighted by Gasteiger charge is 2.17. The number of hydrogen-bond donors (Lipinski definition) is 2. The zero-order valence-corrected chi connectivity index (χ0v) is 13.7. The van der Waals surface area contributed by atoms with Crippen molar-refractivity contribution in [1.82, 2.24) is 4.57 Å². The van der Waals surface area contributed by atoms with Gasteiger partial charge >= 0.3 is 0 Å². The predicted octanol–water partition coefficient (Wildman–Crippen LogP) is 0.247. The molecule has 3 N–H and O–H groups in total. The van der Waals surface area contributed by atoms with Gasteiger partial charge in [-0.3, -0.25) is 0 Å². The standard InChI is InChI=1S/C19H22N2O3/c1-2-16(19(23)24)20-11-13(22)12-21-17-9-5-3-7-14(17)15-8-4-6-10-18(15)21/h3-10,13,16,20,22H,2,11-12H2,1H3,(H,23,24)/t13-,16+/m1/s1. The molecule has 0 spiro atoms. The largest absolute Gasteiger partial charge is 0.544 e. The van der Waals surface area contributed by atoms with E-state index in [1.54, 1.807) is 12.2 Å². The Labute approximate surface area is 140 Å². The molecule has 5 heteroatoms. The Kier molecular flexibility index (Phi) is 4.83. The molecular weight excluding hydrogens is 304 g/mol. The Morgan fingerprint density at radius 2 is 1.67 bits per heavy atom. The van der Waals surface area contributed by atoms with E-state index in [0.29, 0.717) is 19.5 Å². The SMILES string of the molecule is CC[C@H]([NH2+]C[C@@H](O)Cn1c2ccccc2c2ccccc21)C(=O)[O-]. The Morgan fingerprint density at radius 3 is 2.17 bits per heavy atom. The summed E-state index contributed by atoms with van der Waals surface area (Å²) >= 11 is 0. The van der Waals surface area contributed by atoms with E-state index in [1.807, 2.05) is 36.4 Å². The molecule has 2 aromatic carbocycles. The van der Waals surface area contributed by atoms with Crippen molar-refractivity contribution in [3.05, 3.63) is 48.5 Å². The number of aliphatic hydroxyl groups is 1.